The van der Waals surface area contributed by atoms with Gasteiger partial charge in [-0.1, -0.05) is 48.7 Å². The fourth-order valence-electron chi connectivity index (χ4n) is 3.56. The molecular formula is C22H32N8O3S2. The Morgan fingerprint density at radius 1 is 1.20 bits per heavy atom. The van der Waals surface area contributed by atoms with Gasteiger partial charge in [0.2, 0.25) is 10.0 Å². The van der Waals surface area contributed by atoms with Crippen LogP contribution in [0.3, 0.4) is 0 Å². The molecule has 1 amide bonds. The standard InChI is InChI=1S/C22H32N8O3S2/c1-3-30(4-2)13-8-14-35(32,33)28-18(12-11-17-9-6-5-7-10-17)21-24-20(26-27-21)15-23-22(31)19-16-34-29-25-19/h5-7,9-10,16,18,28H,3-4,8,11-15H2,1-2H3,(H,23,31)(H,24,26,27)/t18-/m1/s1. The minimum Gasteiger partial charge on any atom is -0.343 e. The SMILES string of the molecule is CCN(CC)CCCS(=O)(=O)N[C@H](CCc1ccccc1)c1nc(CNC(=O)c2csnn2)n[nH]1. The van der Waals surface area contributed by atoms with Crippen molar-refractivity contribution in [2.75, 3.05) is 25.4 Å². The number of aromatic nitrogens is 5. The van der Waals surface area contributed by atoms with E-state index in [1.165, 1.54) is 0 Å². The molecule has 0 radical (unpaired) electrons. The Hall–Kier alpha value is -2.74. The van der Waals surface area contributed by atoms with Gasteiger partial charge in [0.05, 0.1) is 18.3 Å². The molecule has 0 spiro atoms. The topological polar surface area (TPSA) is 146 Å². The normalized spacial score (nSPS) is 12.7. The number of benzene rings is 1. The summed E-state index contributed by atoms with van der Waals surface area (Å²) in [5.41, 5.74) is 1.33. The maximum Gasteiger partial charge on any atom is 0.273 e. The van der Waals surface area contributed by atoms with Crippen molar-refractivity contribution >= 4 is 27.5 Å². The van der Waals surface area contributed by atoms with Gasteiger partial charge in [-0.05, 0) is 56.0 Å². The molecule has 0 saturated carbocycles. The smallest absolute Gasteiger partial charge is 0.273 e. The molecule has 0 aliphatic heterocycles. The minimum absolute atomic E-state index is 0.0318. The first-order valence-electron chi connectivity index (χ1n) is 11.6. The number of hydrogen-bond acceptors (Lipinski definition) is 9. The maximum atomic E-state index is 12.9. The van der Waals surface area contributed by atoms with Crippen LogP contribution in [0.15, 0.2) is 35.7 Å². The average Bonchev–Trinajstić information content (AvgIpc) is 3.56. The lowest BCUT2D eigenvalue weighted by atomic mass is 10.1. The largest absolute Gasteiger partial charge is 0.343 e. The number of H-pyrrole nitrogens is 1. The molecule has 0 aliphatic carbocycles. The third kappa shape index (κ3) is 8.76. The maximum absolute atomic E-state index is 12.9. The number of nitrogens with one attached hydrogen (secondary N) is 3. The second-order valence-corrected chi connectivity index (χ2v) is 10.5. The zero-order chi connectivity index (χ0) is 25.1. The molecule has 35 heavy (non-hydrogen) atoms. The molecule has 0 saturated heterocycles. The van der Waals surface area contributed by atoms with Crippen LogP contribution < -0.4 is 10.0 Å². The van der Waals surface area contributed by atoms with Gasteiger partial charge < -0.3 is 10.2 Å². The Balaban J connectivity index is 1.65. The molecule has 3 rings (SSSR count). The minimum atomic E-state index is -3.54. The third-order valence-electron chi connectivity index (χ3n) is 5.55. The highest BCUT2D eigenvalue weighted by molar-refractivity contribution is 7.89. The van der Waals surface area contributed by atoms with E-state index in [4.69, 9.17) is 0 Å². The van der Waals surface area contributed by atoms with Crippen LogP contribution in [0.2, 0.25) is 0 Å². The van der Waals surface area contributed by atoms with Crippen molar-refractivity contribution in [1.82, 2.24) is 39.7 Å². The Morgan fingerprint density at radius 2 is 1.97 bits per heavy atom. The van der Waals surface area contributed by atoms with Crippen molar-refractivity contribution in [2.24, 2.45) is 0 Å². The van der Waals surface area contributed by atoms with Crippen LogP contribution in [0.5, 0.6) is 0 Å². The molecule has 0 aliphatic rings. The Morgan fingerprint density at radius 3 is 2.66 bits per heavy atom. The van der Waals surface area contributed by atoms with Crippen LogP contribution in [0, 0.1) is 0 Å². The van der Waals surface area contributed by atoms with Crippen molar-refractivity contribution in [1.29, 1.82) is 0 Å². The van der Waals surface area contributed by atoms with E-state index in [2.05, 4.69) is 53.6 Å². The number of carbonyl (C=O) groups excluding carboxylic acids is 1. The molecule has 1 aromatic carbocycles. The van der Waals surface area contributed by atoms with E-state index < -0.39 is 16.1 Å². The quantitative estimate of drug-likeness (QED) is 0.275. The zero-order valence-electron chi connectivity index (χ0n) is 20.0. The van der Waals surface area contributed by atoms with E-state index in [1.807, 2.05) is 30.3 Å². The number of amides is 1. The summed E-state index contributed by atoms with van der Waals surface area (Å²) in [4.78, 5) is 18.7. The van der Waals surface area contributed by atoms with Crippen LogP contribution in [-0.2, 0) is 23.0 Å². The Labute approximate surface area is 210 Å². The highest BCUT2D eigenvalue weighted by Gasteiger charge is 2.23. The molecule has 1 atom stereocenters. The fourth-order valence-corrected chi connectivity index (χ4v) is 5.29. The van der Waals surface area contributed by atoms with E-state index in [0.29, 0.717) is 30.9 Å². The predicted octanol–water partition coefficient (Wildman–Crippen LogP) is 1.91. The van der Waals surface area contributed by atoms with Crippen molar-refractivity contribution in [3.05, 3.63) is 58.6 Å². The van der Waals surface area contributed by atoms with Gasteiger partial charge in [0.25, 0.3) is 5.91 Å². The molecule has 0 bridgehead atoms. The molecule has 0 unspecified atom stereocenters. The van der Waals surface area contributed by atoms with Crippen LogP contribution in [0.4, 0.5) is 0 Å². The van der Waals surface area contributed by atoms with Crippen molar-refractivity contribution in [2.45, 2.75) is 45.7 Å². The highest BCUT2D eigenvalue weighted by atomic mass is 32.2. The molecule has 2 heterocycles. The summed E-state index contributed by atoms with van der Waals surface area (Å²) in [5, 5.41) is 15.0. The Kier molecular flexibility index (Phi) is 10.3. The zero-order valence-corrected chi connectivity index (χ0v) is 21.6. The van der Waals surface area contributed by atoms with Crippen molar-refractivity contribution in [3.63, 3.8) is 0 Å². The van der Waals surface area contributed by atoms with Gasteiger partial charge >= 0.3 is 0 Å². The average molecular weight is 521 g/mol. The van der Waals surface area contributed by atoms with Crippen LogP contribution in [0.1, 0.15) is 60.4 Å². The second kappa shape index (κ2) is 13.4. The number of aromatic amines is 1. The van der Waals surface area contributed by atoms with Crippen molar-refractivity contribution < 1.29 is 13.2 Å². The van der Waals surface area contributed by atoms with Gasteiger partial charge in [-0.25, -0.2) is 18.1 Å². The molecule has 2 aromatic heterocycles. The van der Waals surface area contributed by atoms with Crippen LogP contribution in [0.25, 0.3) is 0 Å². The summed E-state index contributed by atoms with van der Waals surface area (Å²) >= 11 is 1.09. The van der Waals surface area contributed by atoms with E-state index in [-0.39, 0.29) is 23.9 Å². The summed E-state index contributed by atoms with van der Waals surface area (Å²) in [6.45, 7) is 6.71. The molecule has 11 nitrogen and oxygen atoms in total. The van der Waals surface area contributed by atoms with Gasteiger partial charge in [0, 0.05) is 5.38 Å². The predicted molar refractivity (Wildman–Crippen MR) is 134 cm³/mol. The Bertz CT molecular complexity index is 1130. The van der Waals surface area contributed by atoms with E-state index in [9.17, 15) is 13.2 Å². The summed E-state index contributed by atoms with van der Waals surface area (Å²) in [6, 6.07) is 9.28. The fraction of sp³-hybridized carbons (Fsp3) is 0.500. The number of hydrogen-bond donors (Lipinski definition) is 3. The summed E-state index contributed by atoms with van der Waals surface area (Å²) in [6.07, 6.45) is 1.71. The molecular weight excluding hydrogens is 488 g/mol. The lowest BCUT2D eigenvalue weighted by Gasteiger charge is -2.19. The van der Waals surface area contributed by atoms with Gasteiger partial charge in [-0.2, -0.15) is 5.10 Å². The summed E-state index contributed by atoms with van der Waals surface area (Å²) in [5.74, 6) is 0.416. The first-order valence-corrected chi connectivity index (χ1v) is 14.1. The van der Waals surface area contributed by atoms with Gasteiger partial charge in [-0.3, -0.25) is 9.89 Å². The molecule has 3 N–H and O–H groups in total. The monoisotopic (exact) mass is 520 g/mol. The molecule has 13 heteroatoms. The first kappa shape index (κ1) is 26.9. The van der Waals surface area contributed by atoms with Gasteiger partial charge in [0.15, 0.2) is 11.5 Å². The molecule has 190 valence electrons. The number of carbonyl (C=O) groups is 1. The van der Waals surface area contributed by atoms with E-state index in [0.717, 1.165) is 36.7 Å². The lowest BCUT2D eigenvalue weighted by molar-refractivity contribution is 0.0945. The van der Waals surface area contributed by atoms with Crippen molar-refractivity contribution in [3.8, 4) is 0 Å². The lowest BCUT2D eigenvalue weighted by Crippen LogP contribution is -2.33. The number of sulfonamides is 1. The van der Waals surface area contributed by atoms with Crippen LogP contribution in [-0.4, -0.2) is 69.4 Å². The third-order valence-corrected chi connectivity index (χ3v) is 7.52. The summed E-state index contributed by atoms with van der Waals surface area (Å²) in [7, 11) is -3.54. The number of rotatable bonds is 15. The number of aryl methyl sites for hydroxylation is 1. The molecule has 3 aromatic rings. The van der Waals surface area contributed by atoms with Gasteiger partial charge in [-0.15, -0.1) is 5.10 Å². The summed E-state index contributed by atoms with van der Waals surface area (Å²) < 4.78 is 32.2. The molecule has 0 fully saturated rings. The number of nitrogens with zero attached hydrogens (tertiary/aromatic N) is 5. The van der Waals surface area contributed by atoms with Crippen LogP contribution >= 0.6 is 11.5 Å². The van der Waals surface area contributed by atoms with E-state index in [1.54, 1.807) is 5.38 Å². The first-order chi connectivity index (χ1) is 16.9. The second-order valence-electron chi connectivity index (χ2n) is 8.00. The van der Waals surface area contributed by atoms with Gasteiger partial charge in [0.1, 0.15) is 5.82 Å². The van der Waals surface area contributed by atoms with E-state index >= 15 is 0 Å². The highest BCUT2D eigenvalue weighted by Crippen LogP contribution is 2.18.